The molecule has 5 heteroatoms. The van der Waals surface area contributed by atoms with Crippen molar-refractivity contribution in [1.82, 2.24) is 0 Å². The van der Waals surface area contributed by atoms with Crippen LogP contribution in [0, 0.1) is 0 Å². The monoisotopic (exact) mass is 230 g/mol. The average molecular weight is 230 g/mol. The molecule has 0 aromatic heterocycles. The van der Waals surface area contributed by atoms with Gasteiger partial charge in [0.15, 0.2) is 0 Å². The lowest BCUT2D eigenvalue weighted by Crippen LogP contribution is -2.15. The predicted octanol–water partition coefficient (Wildman–Crippen LogP) is 2.65. The molecule has 0 fully saturated rings. The lowest BCUT2D eigenvalue weighted by Gasteiger charge is -2.15. The Kier molecular flexibility index (Phi) is 3.82. The van der Waals surface area contributed by atoms with E-state index in [9.17, 15) is 13.6 Å². The topological polar surface area (TPSA) is 46.5 Å². The van der Waals surface area contributed by atoms with Gasteiger partial charge in [-0.15, -0.1) is 0 Å². The van der Waals surface area contributed by atoms with E-state index in [2.05, 4.69) is 0 Å². The summed E-state index contributed by atoms with van der Waals surface area (Å²) >= 11 is 0. The molecule has 1 aromatic rings. The van der Waals surface area contributed by atoms with Crippen LogP contribution in [-0.2, 0) is 10.7 Å². The maximum absolute atomic E-state index is 13.4. The minimum Gasteiger partial charge on any atom is -0.497 e. The molecular formula is C11H12F2O3. The third-order valence-electron chi connectivity index (χ3n) is 2.17. The van der Waals surface area contributed by atoms with Crippen LogP contribution in [0.2, 0.25) is 0 Å². The summed E-state index contributed by atoms with van der Waals surface area (Å²) in [6.07, 6.45) is -1.26. The number of carbonyl (C=O) groups is 1. The number of ether oxygens (including phenoxy) is 1. The van der Waals surface area contributed by atoms with Crippen molar-refractivity contribution in [3.8, 4) is 5.75 Å². The Morgan fingerprint density at radius 3 is 2.38 bits per heavy atom. The maximum atomic E-state index is 13.4. The first-order valence-electron chi connectivity index (χ1n) is 4.70. The van der Waals surface area contributed by atoms with Gasteiger partial charge in [-0.1, -0.05) is 0 Å². The summed E-state index contributed by atoms with van der Waals surface area (Å²) in [7, 11) is 1.44. The SMILES string of the molecule is COc1ccc(C(F)(F)CCC(=O)O)cc1. The Labute approximate surface area is 91.7 Å². The first-order valence-corrected chi connectivity index (χ1v) is 4.70. The summed E-state index contributed by atoms with van der Waals surface area (Å²) in [5.74, 6) is -3.86. The van der Waals surface area contributed by atoms with Crippen molar-refractivity contribution in [1.29, 1.82) is 0 Å². The van der Waals surface area contributed by atoms with E-state index in [1.54, 1.807) is 0 Å². The Hall–Kier alpha value is -1.65. The Balaban J connectivity index is 2.76. The highest BCUT2D eigenvalue weighted by molar-refractivity contribution is 5.66. The third-order valence-corrected chi connectivity index (χ3v) is 2.17. The van der Waals surface area contributed by atoms with E-state index in [-0.39, 0.29) is 5.56 Å². The number of carboxylic acid groups (broad SMARTS) is 1. The van der Waals surface area contributed by atoms with E-state index in [4.69, 9.17) is 9.84 Å². The summed E-state index contributed by atoms with van der Waals surface area (Å²) in [4.78, 5) is 10.2. The van der Waals surface area contributed by atoms with Crippen LogP contribution in [0.4, 0.5) is 8.78 Å². The molecule has 1 rings (SSSR count). The molecule has 0 unspecified atom stereocenters. The number of alkyl halides is 2. The quantitative estimate of drug-likeness (QED) is 0.845. The number of methoxy groups -OCH3 is 1. The minimum absolute atomic E-state index is 0.199. The van der Waals surface area contributed by atoms with Crippen molar-refractivity contribution in [3.63, 3.8) is 0 Å². The number of benzene rings is 1. The molecule has 0 atom stereocenters. The van der Waals surface area contributed by atoms with Crippen LogP contribution >= 0.6 is 0 Å². The fourth-order valence-electron chi connectivity index (χ4n) is 1.24. The van der Waals surface area contributed by atoms with Gasteiger partial charge in [-0.05, 0) is 24.3 Å². The zero-order chi connectivity index (χ0) is 12.2. The largest absolute Gasteiger partial charge is 0.497 e. The summed E-state index contributed by atoms with van der Waals surface area (Å²) < 4.78 is 31.7. The van der Waals surface area contributed by atoms with Gasteiger partial charge in [0.1, 0.15) is 5.75 Å². The predicted molar refractivity (Wildman–Crippen MR) is 53.8 cm³/mol. The highest BCUT2D eigenvalue weighted by atomic mass is 19.3. The van der Waals surface area contributed by atoms with Gasteiger partial charge in [0.05, 0.1) is 13.5 Å². The Morgan fingerprint density at radius 1 is 1.38 bits per heavy atom. The van der Waals surface area contributed by atoms with Gasteiger partial charge in [-0.2, -0.15) is 0 Å². The fraction of sp³-hybridized carbons (Fsp3) is 0.364. The number of rotatable bonds is 5. The normalized spacial score (nSPS) is 11.2. The second-order valence-electron chi connectivity index (χ2n) is 3.33. The van der Waals surface area contributed by atoms with Crippen LogP contribution in [0.25, 0.3) is 0 Å². The van der Waals surface area contributed by atoms with Gasteiger partial charge in [-0.25, -0.2) is 8.78 Å². The van der Waals surface area contributed by atoms with E-state index in [1.807, 2.05) is 0 Å². The van der Waals surface area contributed by atoms with Gasteiger partial charge in [0.2, 0.25) is 0 Å². The second kappa shape index (κ2) is 4.92. The lowest BCUT2D eigenvalue weighted by molar-refractivity contribution is -0.139. The highest BCUT2D eigenvalue weighted by Crippen LogP contribution is 2.33. The van der Waals surface area contributed by atoms with Gasteiger partial charge in [-0.3, -0.25) is 4.79 Å². The van der Waals surface area contributed by atoms with E-state index >= 15 is 0 Å². The zero-order valence-electron chi connectivity index (χ0n) is 8.74. The molecule has 0 saturated heterocycles. The van der Waals surface area contributed by atoms with Crippen LogP contribution in [0.15, 0.2) is 24.3 Å². The molecule has 0 bridgehead atoms. The summed E-state index contributed by atoms with van der Waals surface area (Å²) in [5, 5.41) is 8.35. The average Bonchev–Trinajstić information content (AvgIpc) is 2.27. The zero-order valence-corrected chi connectivity index (χ0v) is 8.74. The van der Waals surface area contributed by atoms with Crippen LogP contribution in [-0.4, -0.2) is 18.2 Å². The molecule has 3 nitrogen and oxygen atoms in total. The molecule has 0 saturated carbocycles. The molecule has 0 radical (unpaired) electrons. The number of hydrogen-bond acceptors (Lipinski definition) is 2. The van der Waals surface area contributed by atoms with Crippen molar-refractivity contribution in [2.24, 2.45) is 0 Å². The highest BCUT2D eigenvalue weighted by Gasteiger charge is 2.31. The number of aliphatic carboxylic acids is 1. The molecule has 16 heavy (non-hydrogen) atoms. The molecule has 1 N–H and O–H groups in total. The van der Waals surface area contributed by atoms with Crippen molar-refractivity contribution in [3.05, 3.63) is 29.8 Å². The van der Waals surface area contributed by atoms with Crippen LogP contribution in [0.3, 0.4) is 0 Å². The van der Waals surface area contributed by atoms with E-state index < -0.39 is 24.7 Å². The summed E-state index contributed by atoms with van der Waals surface area (Å²) in [6.45, 7) is 0. The van der Waals surface area contributed by atoms with Crippen LogP contribution < -0.4 is 4.74 Å². The van der Waals surface area contributed by atoms with Crippen LogP contribution in [0.1, 0.15) is 18.4 Å². The standard InChI is InChI=1S/C11H12F2O3/c1-16-9-4-2-8(3-5-9)11(12,13)7-6-10(14)15/h2-5H,6-7H2,1H3,(H,14,15). The molecule has 0 aliphatic heterocycles. The van der Waals surface area contributed by atoms with Gasteiger partial charge >= 0.3 is 5.97 Å². The molecule has 0 aliphatic rings. The van der Waals surface area contributed by atoms with E-state index in [0.717, 1.165) is 0 Å². The molecule has 0 spiro atoms. The molecule has 1 aromatic carbocycles. The maximum Gasteiger partial charge on any atom is 0.303 e. The van der Waals surface area contributed by atoms with Gasteiger partial charge in [0.25, 0.3) is 5.92 Å². The van der Waals surface area contributed by atoms with Crippen molar-refractivity contribution in [2.45, 2.75) is 18.8 Å². The number of halogens is 2. The van der Waals surface area contributed by atoms with Crippen LogP contribution in [0.5, 0.6) is 5.75 Å². The Morgan fingerprint density at radius 2 is 1.94 bits per heavy atom. The lowest BCUT2D eigenvalue weighted by atomic mass is 10.0. The second-order valence-corrected chi connectivity index (χ2v) is 3.33. The molecular weight excluding hydrogens is 218 g/mol. The summed E-state index contributed by atoms with van der Waals surface area (Å²) in [5.41, 5.74) is -0.199. The number of hydrogen-bond donors (Lipinski definition) is 1. The first kappa shape index (κ1) is 12.4. The first-order chi connectivity index (χ1) is 7.45. The van der Waals surface area contributed by atoms with Crippen molar-refractivity contribution in [2.75, 3.05) is 7.11 Å². The molecule has 0 heterocycles. The molecule has 88 valence electrons. The minimum atomic E-state index is -3.12. The molecule has 0 aliphatic carbocycles. The summed E-state index contributed by atoms with van der Waals surface area (Å²) in [6, 6.07) is 5.31. The van der Waals surface area contributed by atoms with Gasteiger partial charge in [0, 0.05) is 12.0 Å². The number of carboxylic acids is 1. The van der Waals surface area contributed by atoms with Gasteiger partial charge < -0.3 is 9.84 Å². The van der Waals surface area contributed by atoms with E-state index in [1.165, 1.54) is 31.4 Å². The fourth-order valence-corrected chi connectivity index (χ4v) is 1.24. The van der Waals surface area contributed by atoms with Crippen molar-refractivity contribution >= 4 is 5.97 Å². The smallest absolute Gasteiger partial charge is 0.303 e. The Bertz CT molecular complexity index is 360. The van der Waals surface area contributed by atoms with Crippen molar-refractivity contribution < 1.29 is 23.4 Å². The molecule has 0 amide bonds. The van der Waals surface area contributed by atoms with E-state index in [0.29, 0.717) is 5.75 Å². The third kappa shape index (κ3) is 3.18.